The first-order valence-electron chi connectivity index (χ1n) is 8.96. The Balaban J connectivity index is 2.04. The van der Waals surface area contributed by atoms with Crippen molar-refractivity contribution in [3.63, 3.8) is 0 Å². The highest BCUT2D eigenvalue weighted by molar-refractivity contribution is 6.07. The monoisotopic (exact) mass is 430 g/mol. The number of nitrogens with zero attached hydrogens (tertiary/aromatic N) is 2. The van der Waals surface area contributed by atoms with E-state index in [9.17, 15) is 19.7 Å². The third kappa shape index (κ3) is 6.16. The summed E-state index contributed by atoms with van der Waals surface area (Å²) in [5.41, 5.74) is 2.59. The molecule has 11 nitrogen and oxygen atoms in total. The highest BCUT2D eigenvalue weighted by atomic mass is 16.6. The zero-order valence-corrected chi connectivity index (χ0v) is 17.4. The molecular formula is C20H22N4O7. The molecule has 0 aliphatic heterocycles. The van der Waals surface area contributed by atoms with Gasteiger partial charge < -0.3 is 19.5 Å². The van der Waals surface area contributed by atoms with Gasteiger partial charge in [-0.05, 0) is 31.2 Å². The minimum Gasteiger partial charge on any atom is -0.497 e. The van der Waals surface area contributed by atoms with Crippen molar-refractivity contribution in [2.45, 2.75) is 13.3 Å². The van der Waals surface area contributed by atoms with Crippen molar-refractivity contribution in [3.05, 3.63) is 52.1 Å². The standard InChI is InChI=1S/C20H22N4O7/c1-12(22-23-20(26)15-7-5-14(30-3)11-18(15)31-4)9-19(25)21-16-8-6-13(29-2)10-17(16)24(27)28/h5-8,10-11H,9H2,1-4H3,(H,21,25)(H,23,26)/b22-12-. The maximum atomic E-state index is 12.4. The molecule has 0 spiro atoms. The van der Waals surface area contributed by atoms with Crippen LogP contribution in [0.25, 0.3) is 0 Å². The normalized spacial score (nSPS) is 10.8. The van der Waals surface area contributed by atoms with Gasteiger partial charge in [-0.25, -0.2) is 5.43 Å². The molecular weight excluding hydrogens is 408 g/mol. The van der Waals surface area contributed by atoms with Crippen LogP contribution in [0.4, 0.5) is 11.4 Å². The van der Waals surface area contributed by atoms with Crippen molar-refractivity contribution in [3.8, 4) is 17.2 Å². The van der Waals surface area contributed by atoms with E-state index in [1.807, 2.05) is 0 Å². The van der Waals surface area contributed by atoms with Crippen LogP contribution in [-0.2, 0) is 4.79 Å². The van der Waals surface area contributed by atoms with Crippen LogP contribution in [0.2, 0.25) is 0 Å². The molecule has 0 heterocycles. The van der Waals surface area contributed by atoms with Crippen LogP contribution in [0, 0.1) is 10.1 Å². The average Bonchev–Trinajstić information content (AvgIpc) is 2.76. The molecule has 0 aromatic heterocycles. The van der Waals surface area contributed by atoms with Gasteiger partial charge in [-0.15, -0.1) is 0 Å². The molecule has 31 heavy (non-hydrogen) atoms. The third-order valence-electron chi connectivity index (χ3n) is 4.09. The highest BCUT2D eigenvalue weighted by Gasteiger charge is 2.18. The largest absolute Gasteiger partial charge is 0.497 e. The lowest BCUT2D eigenvalue weighted by atomic mass is 10.2. The van der Waals surface area contributed by atoms with Crippen molar-refractivity contribution in [2.75, 3.05) is 26.6 Å². The molecule has 0 fully saturated rings. The van der Waals surface area contributed by atoms with Crippen molar-refractivity contribution >= 4 is 28.9 Å². The molecule has 0 bridgehead atoms. The SMILES string of the molecule is COc1ccc(C(=O)N/N=C(/C)CC(=O)Nc2ccc(OC)cc2[N+](=O)[O-])c(OC)c1. The summed E-state index contributed by atoms with van der Waals surface area (Å²) in [5.74, 6) is 0.0431. The number of hydrazone groups is 1. The maximum absolute atomic E-state index is 12.4. The number of amides is 2. The second-order valence-electron chi connectivity index (χ2n) is 6.22. The molecule has 2 amide bonds. The van der Waals surface area contributed by atoms with Gasteiger partial charge in [-0.1, -0.05) is 0 Å². The number of nitro groups is 1. The number of rotatable bonds is 9. The Hall–Kier alpha value is -4.15. The Morgan fingerprint density at radius 1 is 1.03 bits per heavy atom. The van der Waals surface area contributed by atoms with Crippen LogP contribution in [0.1, 0.15) is 23.7 Å². The Morgan fingerprint density at radius 3 is 2.29 bits per heavy atom. The van der Waals surface area contributed by atoms with Gasteiger partial charge in [0.2, 0.25) is 5.91 Å². The molecule has 2 aromatic carbocycles. The molecule has 0 aliphatic rings. The fourth-order valence-electron chi connectivity index (χ4n) is 2.55. The topological polar surface area (TPSA) is 141 Å². The number of carbonyl (C=O) groups excluding carboxylic acids is 2. The van der Waals surface area contributed by atoms with Gasteiger partial charge in [-0.3, -0.25) is 19.7 Å². The van der Waals surface area contributed by atoms with Gasteiger partial charge in [0.1, 0.15) is 22.9 Å². The Kier molecular flexibility index (Phi) is 7.89. The van der Waals surface area contributed by atoms with Gasteiger partial charge in [0.15, 0.2) is 0 Å². The smallest absolute Gasteiger partial charge is 0.296 e. The second-order valence-corrected chi connectivity index (χ2v) is 6.22. The molecule has 2 N–H and O–H groups in total. The van der Waals surface area contributed by atoms with Crippen LogP contribution in [0.3, 0.4) is 0 Å². The minimum absolute atomic E-state index is 0.0237. The number of hydrogen-bond acceptors (Lipinski definition) is 8. The van der Waals surface area contributed by atoms with E-state index in [1.54, 1.807) is 12.1 Å². The third-order valence-corrected chi connectivity index (χ3v) is 4.09. The molecule has 0 unspecified atom stereocenters. The maximum Gasteiger partial charge on any atom is 0.296 e. The Bertz CT molecular complexity index is 1020. The van der Waals surface area contributed by atoms with Gasteiger partial charge in [0.05, 0.1) is 44.3 Å². The Labute approximate surface area is 178 Å². The van der Waals surface area contributed by atoms with E-state index in [-0.39, 0.29) is 29.1 Å². The zero-order valence-electron chi connectivity index (χ0n) is 17.4. The summed E-state index contributed by atoms with van der Waals surface area (Å²) >= 11 is 0. The van der Waals surface area contributed by atoms with Gasteiger partial charge in [0, 0.05) is 11.8 Å². The van der Waals surface area contributed by atoms with E-state index in [0.29, 0.717) is 17.2 Å². The van der Waals surface area contributed by atoms with E-state index in [4.69, 9.17) is 14.2 Å². The lowest BCUT2D eigenvalue weighted by Gasteiger charge is -2.10. The molecule has 0 saturated carbocycles. The first-order chi connectivity index (χ1) is 14.8. The number of anilines is 1. The van der Waals surface area contributed by atoms with Gasteiger partial charge in [-0.2, -0.15) is 5.10 Å². The fourth-order valence-corrected chi connectivity index (χ4v) is 2.55. The number of nitrogens with one attached hydrogen (secondary N) is 2. The molecule has 0 saturated heterocycles. The second kappa shape index (κ2) is 10.6. The summed E-state index contributed by atoms with van der Waals surface area (Å²) in [6.07, 6.45) is -0.191. The molecule has 11 heteroatoms. The summed E-state index contributed by atoms with van der Waals surface area (Å²) in [5, 5.41) is 17.6. The first-order valence-corrected chi connectivity index (χ1v) is 8.96. The summed E-state index contributed by atoms with van der Waals surface area (Å²) in [4.78, 5) is 35.2. The number of nitro benzene ring substituents is 1. The molecule has 0 aliphatic carbocycles. The number of ether oxygens (including phenoxy) is 3. The Morgan fingerprint density at radius 2 is 1.68 bits per heavy atom. The zero-order chi connectivity index (χ0) is 23.0. The lowest BCUT2D eigenvalue weighted by Crippen LogP contribution is -2.22. The summed E-state index contributed by atoms with van der Waals surface area (Å²) in [7, 11) is 4.30. The molecule has 2 rings (SSSR count). The van der Waals surface area contributed by atoms with Crippen molar-refractivity contribution in [1.29, 1.82) is 0 Å². The number of hydrogen-bond donors (Lipinski definition) is 2. The summed E-state index contributed by atoms with van der Waals surface area (Å²) in [6.45, 7) is 1.54. The minimum atomic E-state index is -0.623. The first kappa shape index (κ1) is 23.1. The molecule has 0 radical (unpaired) electrons. The van der Waals surface area contributed by atoms with Crippen LogP contribution in [0.5, 0.6) is 17.2 Å². The van der Waals surface area contributed by atoms with E-state index in [2.05, 4.69) is 15.8 Å². The summed E-state index contributed by atoms with van der Waals surface area (Å²) < 4.78 is 15.2. The van der Waals surface area contributed by atoms with Crippen molar-refractivity contribution in [1.82, 2.24) is 5.43 Å². The predicted molar refractivity (Wildman–Crippen MR) is 113 cm³/mol. The van der Waals surface area contributed by atoms with Crippen LogP contribution in [0.15, 0.2) is 41.5 Å². The summed E-state index contributed by atoms with van der Waals surface area (Å²) in [6, 6.07) is 8.75. The van der Waals surface area contributed by atoms with Crippen molar-refractivity contribution < 1.29 is 28.7 Å². The number of methoxy groups -OCH3 is 3. The predicted octanol–water partition coefficient (Wildman–Crippen LogP) is 2.76. The highest BCUT2D eigenvalue weighted by Crippen LogP contribution is 2.29. The number of carbonyl (C=O) groups is 2. The lowest BCUT2D eigenvalue weighted by molar-refractivity contribution is -0.384. The fraction of sp³-hybridized carbons (Fsp3) is 0.250. The number of benzene rings is 2. The van der Waals surface area contributed by atoms with Crippen molar-refractivity contribution in [2.24, 2.45) is 5.10 Å². The quantitative estimate of drug-likeness (QED) is 0.354. The molecule has 0 atom stereocenters. The van der Waals surface area contributed by atoms with Gasteiger partial charge >= 0.3 is 0 Å². The van der Waals surface area contributed by atoms with Crippen LogP contribution < -0.4 is 25.0 Å². The average molecular weight is 430 g/mol. The van der Waals surface area contributed by atoms with E-state index < -0.39 is 16.7 Å². The van der Waals surface area contributed by atoms with E-state index in [0.717, 1.165) is 0 Å². The van der Waals surface area contributed by atoms with Crippen LogP contribution in [-0.4, -0.2) is 43.8 Å². The molecule has 164 valence electrons. The van der Waals surface area contributed by atoms with E-state index >= 15 is 0 Å². The molecule has 2 aromatic rings. The van der Waals surface area contributed by atoms with E-state index in [1.165, 1.54) is 52.5 Å². The van der Waals surface area contributed by atoms with Crippen LogP contribution >= 0.6 is 0 Å². The van der Waals surface area contributed by atoms with Gasteiger partial charge in [0.25, 0.3) is 11.6 Å².